The molecule has 1 atom stereocenters. The Hall–Kier alpha value is -1.48. The maximum atomic E-state index is 11.4. The van der Waals surface area contributed by atoms with Crippen molar-refractivity contribution >= 4 is 31.2 Å². The Kier molecular flexibility index (Phi) is 3.13. The topological polar surface area (TPSA) is 109 Å². The summed E-state index contributed by atoms with van der Waals surface area (Å²) in [7, 11) is -9.56. The minimum atomic E-state index is -4.81. The Morgan fingerprint density at radius 2 is 1.63 bits per heavy atom. The quantitative estimate of drug-likeness (QED) is 0.699. The van der Waals surface area contributed by atoms with Gasteiger partial charge < -0.3 is 0 Å². The molecule has 102 valence electrons. The lowest BCUT2D eigenvalue weighted by atomic mass is 10.0. The van der Waals surface area contributed by atoms with Crippen molar-refractivity contribution in [1.29, 1.82) is 0 Å². The summed E-state index contributed by atoms with van der Waals surface area (Å²) in [6.07, 6.45) is 1.35. The molecule has 0 fully saturated rings. The van der Waals surface area contributed by atoms with Crippen LogP contribution >= 0.6 is 0 Å². The molecule has 6 nitrogen and oxygen atoms in total. The van der Waals surface area contributed by atoms with Gasteiger partial charge in [-0.3, -0.25) is 9.11 Å². The van der Waals surface area contributed by atoms with Crippen molar-refractivity contribution in [2.24, 2.45) is 0 Å². The Morgan fingerprint density at radius 1 is 1.05 bits per heavy atom. The van der Waals surface area contributed by atoms with Gasteiger partial charge in [-0.2, -0.15) is 16.8 Å². The molecule has 0 aliphatic heterocycles. The SMILES string of the molecule is C=C1C=c2ccccc2=C(S(=O)(=O)O)C1S(=O)(=O)O. The van der Waals surface area contributed by atoms with Crippen molar-refractivity contribution in [2.45, 2.75) is 5.25 Å². The molecule has 0 bridgehead atoms. The Morgan fingerprint density at radius 3 is 2.16 bits per heavy atom. The second-order valence-electron chi connectivity index (χ2n) is 4.04. The van der Waals surface area contributed by atoms with Crippen LogP contribution in [0.15, 0.2) is 36.4 Å². The molecule has 1 aliphatic rings. The molecule has 0 amide bonds. The van der Waals surface area contributed by atoms with Gasteiger partial charge in [0.15, 0.2) is 0 Å². The second-order valence-corrected chi connectivity index (χ2v) is 6.93. The lowest BCUT2D eigenvalue weighted by Gasteiger charge is -2.19. The van der Waals surface area contributed by atoms with Crippen molar-refractivity contribution in [3.63, 3.8) is 0 Å². The normalized spacial score (nSPS) is 19.8. The van der Waals surface area contributed by atoms with Gasteiger partial charge in [0.1, 0.15) is 10.2 Å². The van der Waals surface area contributed by atoms with E-state index in [1.807, 2.05) is 0 Å². The Labute approximate surface area is 109 Å². The molecule has 19 heavy (non-hydrogen) atoms. The molecule has 1 aromatic carbocycles. The van der Waals surface area contributed by atoms with Crippen LogP contribution < -0.4 is 10.4 Å². The van der Waals surface area contributed by atoms with E-state index in [2.05, 4.69) is 6.58 Å². The Bertz CT molecular complexity index is 877. The maximum Gasteiger partial charge on any atom is 0.293 e. The lowest BCUT2D eigenvalue weighted by Crippen LogP contribution is -2.41. The van der Waals surface area contributed by atoms with Crippen molar-refractivity contribution in [3.05, 3.63) is 46.9 Å². The van der Waals surface area contributed by atoms with Gasteiger partial charge in [-0.25, -0.2) is 0 Å². The highest BCUT2D eigenvalue weighted by Gasteiger charge is 2.38. The Balaban J connectivity index is 3.07. The summed E-state index contributed by atoms with van der Waals surface area (Å²) in [6, 6.07) is 6.01. The van der Waals surface area contributed by atoms with Crippen LogP contribution in [0.4, 0.5) is 0 Å². The molecule has 0 saturated heterocycles. The predicted molar refractivity (Wildman–Crippen MR) is 69.6 cm³/mol. The van der Waals surface area contributed by atoms with E-state index in [4.69, 9.17) is 4.55 Å². The number of hydrogen-bond donors (Lipinski definition) is 2. The molecule has 1 aliphatic carbocycles. The maximum absolute atomic E-state index is 11.4. The zero-order valence-electron chi connectivity index (χ0n) is 9.52. The van der Waals surface area contributed by atoms with E-state index in [0.717, 1.165) is 0 Å². The first-order valence-corrected chi connectivity index (χ1v) is 8.00. The molecule has 0 heterocycles. The lowest BCUT2D eigenvalue weighted by molar-refractivity contribution is 0.476. The van der Waals surface area contributed by atoms with Crippen molar-refractivity contribution in [2.75, 3.05) is 0 Å². The van der Waals surface area contributed by atoms with E-state index in [1.165, 1.54) is 18.2 Å². The molecule has 2 N–H and O–H groups in total. The van der Waals surface area contributed by atoms with Gasteiger partial charge in [0, 0.05) is 5.22 Å². The largest absolute Gasteiger partial charge is 0.293 e. The van der Waals surface area contributed by atoms with Crippen LogP contribution in [0, 0.1) is 0 Å². The van der Waals surface area contributed by atoms with E-state index in [0.29, 0.717) is 5.22 Å². The average molecular weight is 302 g/mol. The first-order chi connectivity index (χ1) is 8.62. The van der Waals surface area contributed by atoms with Crippen LogP contribution in [0.1, 0.15) is 0 Å². The summed E-state index contributed by atoms with van der Waals surface area (Å²) in [6.45, 7) is 3.43. The van der Waals surface area contributed by atoms with E-state index < -0.39 is 30.4 Å². The van der Waals surface area contributed by atoms with Crippen LogP contribution in [-0.2, 0) is 20.2 Å². The van der Waals surface area contributed by atoms with E-state index in [1.54, 1.807) is 12.1 Å². The van der Waals surface area contributed by atoms with Crippen molar-refractivity contribution in [1.82, 2.24) is 0 Å². The second kappa shape index (κ2) is 4.27. The number of rotatable bonds is 2. The third-order valence-electron chi connectivity index (χ3n) is 2.72. The summed E-state index contributed by atoms with van der Waals surface area (Å²) in [5.41, 5.74) is -0.131. The van der Waals surface area contributed by atoms with Crippen LogP contribution in [-0.4, -0.2) is 31.2 Å². The molecule has 2 rings (SSSR count). The smallest absolute Gasteiger partial charge is 0.285 e. The van der Waals surface area contributed by atoms with Crippen LogP contribution in [0.25, 0.3) is 11.0 Å². The van der Waals surface area contributed by atoms with Gasteiger partial charge in [-0.15, -0.1) is 0 Å². The number of benzene rings is 1. The molecular weight excluding hydrogens is 292 g/mol. The van der Waals surface area contributed by atoms with Gasteiger partial charge in [0.25, 0.3) is 20.2 Å². The molecule has 0 spiro atoms. The highest BCUT2D eigenvalue weighted by Crippen LogP contribution is 2.25. The van der Waals surface area contributed by atoms with Crippen molar-refractivity contribution < 1.29 is 25.9 Å². The van der Waals surface area contributed by atoms with Gasteiger partial charge >= 0.3 is 0 Å². The highest BCUT2D eigenvalue weighted by atomic mass is 32.2. The third-order valence-corrected chi connectivity index (χ3v) is 5.01. The summed E-state index contributed by atoms with van der Waals surface area (Å²) in [5, 5.41) is -1.46. The van der Waals surface area contributed by atoms with Gasteiger partial charge in [-0.1, -0.05) is 30.8 Å². The first-order valence-electron chi connectivity index (χ1n) is 5.06. The molecule has 0 aromatic heterocycles. The van der Waals surface area contributed by atoms with Crippen LogP contribution in [0.5, 0.6) is 0 Å². The zero-order valence-corrected chi connectivity index (χ0v) is 11.1. The van der Waals surface area contributed by atoms with Crippen LogP contribution in [0.3, 0.4) is 0 Å². The summed E-state index contributed by atoms with van der Waals surface area (Å²) in [4.78, 5) is -0.780. The number of fused-ring (bicyclic) bond motifs is 1. The average Bonchev–Trinajstić information content (AvgIpc) is 2.24. The molecule has 1 aromatic rings. The molecule has 0 saturated carbocycles. The zero-order chi connectivity index (χ0) is 14.4. The van der Waals surface area contributed by atoms with Gasteiger partial charge in [0.2, 0.25) is 0 Å². The fourth-order valence-electron chi connectivity index (χ4n) is 2.03. The van der Waals surface area contributed by atoms with Gasteiger partial charge in [-0.05, 0) is 16.9 Å². The summed E-state index contributed by atoms with van der Waals surface area (Å²) < 4.78 is 64.0. The predicted octanol–water partition coefficient (Wildman–Crippen LogP) is -0.711. The standard InChI is InChI=1S/C11H10O6S2/c1-7-6-8-4-2-3-5-9(8)11(19(15,16)17)10(7)18(12,13)14/h2-6,10H,1H2,(H,12,13,14)(H,15,16,17). The minimum absolute atomic E-state index is 0.0278. The molecule has 1 unspecified atom stereocenters. The van der Waals surface area contributed by atoms with E-state index in [9.17, 15) is 21.4 Å². The minimum Gasteiger partial charge on any atom is -0.285 e. The monoisotopic (exact) mass is 302 g/mol. The van der Waals surface area contributed by atoms with Gasteiger partial charge in [0.05, 0.1) is 0 Å². The summed E-state index contributed by atoms with van der Waals surface area (Å²) >= 11 is 0. The van der Waals surface area contributed by atoms with Crippen molar-refractivity contribution in [3.8, 4) is 0 Å². The molecule has 8 heteroatoms. The third kappa shape index (κ3) is 2.47. The molecule has 0 radical (unpaired) electrons. The van der Waals surface area contributed by atoms with Crippen LogP contribution in [0.2, 0.25) is 0 Å². The van der Waals surface area contributed by atoms with E-state index in [-0.39, 0.29) is 10.8 Å². The number of hydrogen-bond acceptors (Lipinski definition) is 4. The van der Waals surface area contributed by atoms with E-state index >= 15 is 0 Å². The molecular formula is C11H10O6S2. The fraction of sp³-hybridized carbons (Fsp3) is 0.0909. The highest BCUT2D eigenvalue weighted by molar-refractivity contribution is 7.98. The fourth-order valence-corrected chi connectivity index (χ4v) is 4.50. The summed E-state index contributed by atoms with van der Waals surface area (Å²) in [5.74, 6) is 0. The first kappa shape index (κ1) is 13.9.